The van der Waals surface area contributed by atoms with Gasteiger partial charge in [-0.3, -0.25) is 9.69 Å². The summed E-state index contributed by atoms with van der Waals surface area (Å²) in [6.45, 7) is 3.47. The van der Waals surface area contributed by atoms with E-state index in [0.29, 0.717) is 6.42 Å². The summed E-state index contributed by atoms with van der Waals surface area (Å²) in [6, 6.07) is 9.80. The summed E-state index contributed by atoms with van der Waals surface area (Å²) in [5, 5.41) is 6.35. The van der Waals surface area contributed by atoms with Crippen molar-refractivity contribution in [3.8, 4) is 0 Å². The summed E-state index contributed by atoms with van der Waals surface area (Å²) < 4.78 is 2.05. The van der Waals surface area contributed by atoms with Gasteiger partial charge in [-0.25, -0.2) is 4.98 Å². The fourth-order valence-corrected chi connectivity index (χ4v) is 2.96. The number of amides is 1. The van der Waals surface area contributed by atoms with Crippen molar-refractivity contribution in [1.29, 1.82) is 0 Å². The molecule has 1 aliphatic rings. The van der Waals surface area contributed by atoms with E-state index in [9.17, 15) is 4.79 Å². The minimum absolute atomic E-state index is 0.0494. The Bertz CT molecular complexity index is 639. The van der Waals surface area contributed by atoms with Crippen molar-refractivity contribution in [1.82, 2.24) is 19.8 Å². The van der Waals surface area contributed by atoms with Crippen LogP contribution in [0, 0.1) is 0 Å². The van der Waals surface area contributed by atoms with Crippen LogP contribution in [0.5, 0.6) is 0 Å². The van der Waals surface area contributed by atoms with Crippen LogP contribution in [0.15, 0.2) is 42.7 Å². The Labute approximate surface area is 136 Å². The van der Waals surface area contributed by atoms with Gasteiger partial charge in [0, 0.05) is 57.7 Å². The first-order valence-electron chi connectivity index (χ1n) is 8.01. The Morgan fingerprint density at radius 3 is 2.96 bits per heavy atom. The Hall–Kier alpha value is -2.18. The van der Waals surface area contributed by atoms with Crippen molar-refractivity contribution in [3.63, 3.8) is 0 Å². The number of carbonyl (C=O) groups excluding carboxylic acids is 1. The van der Waals surface area contributed by atoms with Crippen LogP contribution in [-0.4, -0.2) is 46.5 Å². The predicted octanol–water partition coefficient (Wildman–Crippen LogP) is 1.40. The van der Waals surface area contributed by atoms with Gasteiger partial charge in [0.2, 0.25) is 5.91 Å². The van der Waals surface area contributed by atoms with Gasteiger partial charge in [0.15, 0.2) is 0 Å². The van der Waals surface area contributed by atoms with E-state index < -0.39 is 0 Å². The molecule has 1 aromatic heterocycles. The lowest BCUT2D eigenvalue weighted by Gasteiger charge is -2.35. The van der Waals surface area contributed by atoms with Crippen LogP contribution in [-0.2, 0) is 11.8 Å². The van der Waals surface area contributed by atoms with E-state index >= 15 is 0 Å². The SMILES string of the molecule is Cn1ccnc1C1CNCCN1CCC(=O)Nc1ccccc1. The highest BCUT2D eigenvalue weighted by Gasteiger charge is 2.26. The predicted molar refractivity (Wildman–Crippen MR) is 90.1 cm³/mol. The number of aryl methyl sites for hydroxylation is 1. The third-order valence-corrected chi connectivity index (χ3v) is 4.19. The van der Waals surface area contributed by atoms with Crippen molar-refractivity contribution < 1.29 is 4.79 Å². The molecular weight excluding hydrogens is 290 g/mol. The number of benzene rings is 1. The molecule has 2 heterocycles. The molecule has 1 amide bonds. The van der Waals surface area contributed by atoms with Crippen molar-refractivity contribution in [3.05, 3.63) is 48.5 Å². The maximum atomic E-state index is 12.1. The van der Waals surface area contributed by atoms with Gasteiger partial charge < -0.3 is 15.2 Å². The van der Waals surface area contributed by atoms with Crippen LogP contribution < -0.4 is 10.6 Å². The maximum Gasteiger partial charge on any atom is 0.225 e. The fraction of sp³-hybridized carbons (Fsp3) is 0.412. The molecule has 0 saturated carbocycles. The molecule has 0 bridgehead atoms. The number of carbonyl (C=O) groups is 1. The summed E-state index contributed by atoms with van der Waals surface area (Å²) in [5.74, 6) is 1.09. The Balaban J connectivity index is 1.57. The van der Waals surface area contributed by atoms with Gasteiger partial charge in [-0.15, -0.1) is 0 Å². The highest BCUT2D eigenvalue weighted by atomic mass is 16.1. The zero-order chi connectivity index (χ0) is 16.1. The van der Waals surface area contributed by atoms with Gasteiger partial charge in [-0.05, 0) is 12.1 Å². The van der Waals surface area contributed by atoms with Crippen LogP contribution in [0.25, 0.3) is 0 Å². The number of hydrogen-bond acceptors (Lipinski definition) is 4. The third-order valence-electron chi connectivity index (χ3n) is 4.19. The van der Waals surface area contributed by atoms with Crippen LogP contribution in [0.2, 0.25) is 0 Å². The van der Waals surface area contributed by atoms with Crippen molar-refractivity contribution >= 4 is 11.6 Å². The Morgan fingerprint density at radius 1 is 1.39 bits per heavy atom. The maximum absolute atomic E-state index is 12.1. The van der Waals surface area contributed by atoms with E-state index in [1.165, 1.54) is 0 Å². The normalized spacial score (nSPS) is 18.7. The van der Waals surface area contributed by atoms with Gasteiger partial charge >= 0.3 is 0 Å². The molecule has 6 heteroatoms. The molecule has 3 rings (SSSR count). The number of anilines is 1. The third kappa shape index (κ3) is 3.97. The molecular formula is C17H23N5O. The van der Waals surface area contributed by atoms with Gasteiger partial charge in [0.25, 0.3) is 0 Å². The highest BCUT2D eigenvalue weighted by Crippen LogP contribution is 2.20. The van der Waals surface area contributed by atoms with E-state index in [1.807, 2.05) is 49.8 Å². The van der Waals surface area contributed by atoms with E-state index in [2.05, 4.69) is 25.1 Å². The summed E-state index contributed by atoms with van der Waals surface area (Å²) in [5.41, 5.74) is 0.846. The number of hydrogen-bond donors (Lipinski definition) is 2. The molecule has 1 saturated heterocycles. The van der Waals surface area contributed by atoms with Gasteiger partial charge in [-0.1, -0.05) is 18.2 Å². The number of aromatic nitrogens is 2. The Morgan fingerprint density at radius 2 is 2.22 bits per heavy atom. The average Bonchev–Trinajstić information content (AvgIpc) is 3.00. The Kier molecular flexibility index (Phi) is 5.05. The zero-order valence-corrected chi connectivity index (χ0v) is 13.4. The second-order valence-corrected chi connectivity index (χ2v) is 5.82. The van der Waals surface area contributed by atoms with Crippen molar-refractivity contribution in [2.24, 2.45) is 7.05 Å². The van der Waals surface area contributed by atoms with Gasteiger partial charge in [0.1, 0.15) is 5.82 Å². The number of piperazine rings is 1. The highest BCUT2D eigenvalue weighted by molar-refractivity contribution is 5.90. The first kappa shape index (κ1) is 15.7. The average molecular weight is 313 g/mol. The first-order valence-corrected chi connectivity index (χ1v) is 8.01. The molecule has 0 aliphatic carbocycles. The molecule has 1 atom stereocenters. The summed E-state index contributed by atoms with van der Waals surface area (Å²) in [6.07, 6.45) is 4.27. The molecule has 1 unspecified atom stereocenters. The zero-order valence-electron chi connectivity index (χ0n) is 13.4. The number of imidazole rings is 1. The topological polar surface area (TPSA) is 62.2 Å². The van der Waals surface area contributed by atoms with E-state index in [-0.39, 0.29) is 11.9 Å². The second kappa shape index (κ2) is 7.39. The summed E-state index contributed by atoms with van der Waals surface area (Å²) in [4.78, 5) is 18.9. The van der Waals surface area contributed by atoms with Gasteiger partial charge in [-0.2, -0.15) is 0 Å². The summed E-state index contributed by atoms with van der Waals surface area (Å²) >= 11 is 0. The van der Waals surface area contributed by atoms with E-state index in [0.717, 1.165) is 37.7 Å². The monoisotopic (exact) mass is 313 g/mol. The standard InChI is InChI=1S/C17H23N5O/c1-21-11-9-19-17(21)15-13-18-8-12-22(15)10-7-16(23)20-14-5-3-2-4-6-14/h2-6,9,11,15,18H,7-8,10,12-13H2,1H3,(H,20,23). The van der Waals surface area contributed by atoms with Crippen LogP contribution in [0.3, 0.4) is 0 Å². The molecule has 122 valence electrons. The molecule has 6 nitrogen and oxygen atoms in total. The smallest absolute Gasteiger partial charge is 0.225 e. The van der Waals surface area contributed by atoms with E-state index in [1.54, 1.807) is 0 Å². The molecule has 23 heavy (non-hydrogen) atoms. The lowest BCUT2D eigenvalue weighted by molar-refractivity contribution is -0.116. The van der Waals surface area contributed by atoms with Crippen molar-refractivity contribution in [2.45, 2.75) is 12.5 Å². The van der Waals surface area contributed by atoms with Gasteiger partial charge in [0.05, 0.1) is 6.04 Å². The number of nitrogens with one attached hydrogen (secondary N) is 2. The largest absolute Gasteiger partial charge is 0.337 e. The molecule has 1 aromatic carbocycles. The number of nitrogens with zero attached hydrogens (tertiary/aromatic N) is 3. The fourth-order valence-electron chi connectivity index (χ4n) is 2.96. The molecule has 2 aromatic rings. The summed E-state index contributed by atoms with van der Waals surface area (Å²) in [7, 11) is 2.01. The number of rotatable bonds is 5. The quantitative estimate of drug-likeness (QED) is 0.876. The van der Waals surface area contributed by atoms with E-state index in [4.69, 9.17) is 0 Å². The molecule has 1 fully saturated rings. The number of para-hydroxylation sites is 1. The van der Waals surface area contributed by atoms with Crippen LogP contribution in [0.1, 0.15) is 18.3 Å². The second-order valence-electron chi connectivity index (χ2n) is 5.82. The molecule has 2 N–H and O–H groups in total. The minimum Gasteiger partial charge on any atom is -0.337 e. The molecule has 1 aliphatic heterocycles. The molecule has 0 radical (unpaired) electrons. The lowest BCUT2D eigenvalue weighted by Crippen LogP contribution is -2.47. The van der Waals surface area contributed by atoms with Crippen molar-refractivity contribution in [2.75, 3.05) is 31.5 Å². The molecule has 0 spiro atoms. The minimum atomic E-state index is 0.0494. The lowest BCUT2D eigenvalue weighted by atomic mass is 10.1. The van der Waals surface area contributed by atoms with Crippen LogP contribution >= 0.6 is 0 Å². The first-order chi connectivity index (χ1) is 11.2. The van der Waals surface area contributed by atoms with Crippen LogP contribution in [0.4, 0.5) is 5.69 Å².